The van der Waals surface area contributed by atoms with Crippen LogP contribution < -0.4 is 0 Å². The van der Waals surface area contributed by atoms with Gasteiger partial charge in [-0.3, -0.25) is 0 Å². The Balaban J connectivity index is 2.05. The number of nitrogens with one attached hydrogen (secondary N) is 1. The van der Waals surface area contributed by atoms with Crippen molar-refractivity contribution in [1.82, 2.24) is 4.98 Å². The van der Waals surface area contributed by atoms with Gasteiger partial charge in [0.05, 0.1) is 5.25 Å². The van der Waals surface area contributed by atoms with E-state index in [4.69, 9.17) is 0 Å². The second-order valence-electron chi connectivity index (χ2n) is 3.51. The van der Waals surface area contributed by atoms with Gasteiger partial charge in [-0.25, -0.2) is 0 Å². The summed E-state index contributed by atoms with van der Waals surface area (Å²) >= 11 is 0. The second-order valence-corrected chi connectivity index (χ2v) is 6.20. The second kappa shape index (κ2) is 3.55. The van der Waals surface area contributed by atoms with Gasteiger partial charge in [-0.05, 0) is 23.9 Å². The molecule has 1 aliphatic heterocycles. The van der Waals surface area contributed by atoms with Crippen LogP contribution in [0.1, 0.15) is 17.4 Å². The number of fused-ring (bicyclic) bond motifs is 1. The highest BCUT2D eigenvalue weighted by molar-refractivity contribution is 8.77. The molecule has 2 heterocycles. The van der Waals surface area contributed by atoms with Crippen LogP contribution >= 0.6 is 21.6 Å². The quantitative estimate of drug-likeness (QED) is 0.733. The van der Waals surface area contributed by atoms with Crippen LogP contribution in [0, 0.1) is 0 Å². The Morgan fingerprint density at radius 1 is 1.29 bits per heavy atom. The minimum absolute atomic E-state index is 0.674. The minimum Gasteiger partial charge on any atom is -0.357 e. The van der Waals surface area contributed by atoms with Crippen molar-refractivity contribution in [3.63, 3.8) is 0 Å². The third-order valence-electron chi connectivity index (χ3n) is 2.55. The molecule has 1 aromatic heterocycles. The smallest absolute Gasteiger partial charge is 0.0560 e. The van der Waals surface area contributed by atoms with Gasteiger partial charge in [0.25, 0.3) is 0 Å². The van der Waals surface area contributed by atoms with E-state index in [1.807, 2.05) is 21.6 Å². The van der Waals surface area contributed by atoms with Crippen LogP contribution in [0.25, 0.3) is 10.9 Å². The summed E-state index contributed by atoms with van der Waals surface area (Å²) in [6.45, 7) is 0. The summed E-state index contributed by atoms with van der Waals surface area (Å²) in [4.78, 5) is 3.50. The zero-order chi connectivity index (χ0) is 9.38. The number of H-pyrrole nitrogens is 1. The van der Waals surface area contributed by atoms with Gasteiger partial charge in [0.1, 0.15) is 0 Å². The summed E-state index contributed by atoms with van der Waals surface area (Å²) in [7, 11) is 3.98. The van der Waals surface area contributed by atoms with E-state index in [0.717, 1.165) is 0 Å². The molecule has 3 rings (SSSR count). The number of hydrogen-bond donors (Lipinski definition) is 1. The van der Waals surface area contributed by atoms with Crippen molar-refractivity contribution in [2.75, 3.05) is 5.75 Å². The van der Waals surface area contributed by atoms with E-state index in [1.54, 1.807) is 0 Å². The Kier molecular flexibility index (Phi) is 2.22. The molecular formula is C11H11NS2. The summed E-state index contributed by atoms with van der Waals surface area (Å²) in [5.41, 5.74) is 2.65. The lowest BCUT2D eigenvalue weighted by atomic mass is 10.2. The van der Waals surface area contributed by atoms with Crippen molar-refractivity contribution in [2.45, 2.75) is 11.7 Å². The summed E-state index contributed by atoms with van der Waals surface area (Å²) in [5.74, 6) is 1.28. The maximum atomic E-state index is 3.50. The first kappa shape index (κ1) is 8.74. The predicted molar refractivity (Wildman–Crippen MR) is 65.7 cm³/mol. The molecule has 14 heavy (non-hydrogen) atoms. The maximum absolute atomic E-state index is 3.50. The summed E-state index contributed by atoms with van der Waals surface area (Å²) in [6.07, 6.45) is 1.29. The first-order valence-corrected chi connectivity index (χ1v) is 7.17. The molecule has 1 nitrogen and oxygen atoms in total. The van der Waals surface area contributed by atoms with Crippen molar-refractivity contribution in [2.24, 2.45) is 0 Å². The molecule has 3 heteroatoms. The largest absolute Gasteiger partial charge is 0.357 e. The molecule has 0 spiro atoms. The number of para-hydroxylation sites is 1. The summed E-state index contributed by atoms with van der Waals surface area (Å²) in [6, 6.07) is 10.8. The van der Waals surface area contributed by atoms with Crippen LogP contribution in [0.2, 0.25) is 0 Å². The molecule has 1 saturated heterocycles. The van der Waals surface area contributed by atoms with Crippen molar-refractivity contribution in [3.05, 3.63) is 36.0 Å². The fourth-order valence-electron chi connectivity index (χ4n) is 1.81. The number of aromatic nitrogens is 1. The van der Waals surface area contributed by atoms with Crippen LogP contribution in [-0.4, -0.2) is 10.7 Å². The van der Waals surface area contributed by atoms with Crippen molar-refractivity contribution < 1.29 is 0 Å². The lowest BCUT2D eigenvalue weighted by Gasteiger charge is -2.02. The van der Waals surface area contributed by atoms with Crippen molar-refractivity contribution >= 4 is 32.5 Å². The topological polar surface area (TPSA) is 15.8 Å². The Hall–Kier alpha value is -0.540. The SMILES string of the molecule is c1ccc2[nH]c(C3CCSS3)cc2c1. The molecular weight excluding hydrogens is 210 g/mol. The highest BCUT2D eigenvalue weighted by Crippen LogP contribution is 2.47. The van der Waals surface area contributed by atoms with Gasteiger partial charge >= 0.3 is 0 Å². The Labute approximate surface area is 91.1 Å². The molecule has 0 amide bonds. The third kappa shape index (κ3) is 1.44. The molecule has 1 aromatic carbocycles. The van der Waals surface area contributed by atoms with Crippen LogP contribution in [0.3, 0.4) is 0 Å². The fourth-order valence-corrected chi connectivity index (χ4v) is 4.67. The van der Waals surface area contributed by atoms with E-state index >= 15 is 0 Å². The van der Waals surface area contributed by atoms with Crippen molar-refractivity contribution in [1.29, 1.82) is 0 Å². The first-order valence-electron chi connectivity index (χ1n) is 4.79. The number of benzene rings is 1. The molecule has 2 aromatic rings. The highest BCUT2D eigenvalue weighted by atomic mass is 33.1. The molecule has 0 aliphatic carbocycles. The predicted octanol–water partition coefficient (Wildman–Crippen LogP) is 3.99. The van der Waals surface area contributed by atoms with Crippen LogP contribution in [0.5, 0.6) is 0 Å². The van der Waals surface area contributed by atoms with Gasteiger partial charge < -0.3 is 4.98 Å². The van der Waals surface area contributed by atoms with Crippen LogP contribution in [0.4, 0.5) is 0 Å². The molecule has 0 radical (unpaired) electrons. The highest BCUT2D eigenvalue weighted by Gasteiger charge is 2.19. The summed E-state index contributed by atoms with van der Waals surface area (Å²) < 4.78 is 0. The first-order chi connectivity index (χ1) is 6.93. The molecule has 1 unspecified atom stereocenters. The van der Waals surface area contributed by atoms with Gasteiger partial charge in [0.15, 0.2) is 0 Å². The van der Waals surface area contributed by atoms with Gasteiger partial charge in [0, 0.05) is 17.0 Å². The van der Waals surface area contributed by atoms with E-state index in [1.165, 1.54) is 28.8 Å². The van der Waals surface area contributed by atoms with E-state index in [0.29, 0.717) is 5.25 Å². The minimum atomic E-state index is 0.674. The molecule has 72 valence electrons. The lowest BCUT2D eigenvalue weighted by molar-refractivity contribution is 0.897. The number of hydrogen-bond acceptors (Lipinski definition) is 2. The molecule has 0 saturated carbocycles. The van der Waals surface area contributed by atoms with Gasteiger partial charge in [0.2, 0.25) is 0 Å². The Morgan fingerprint density at radius 3 is 3.00 bits per heavy atom. The molecule has 1 N–H and O–H groups in total. The standard InChI is InChI=1S/C11H11NS2/c1-2-4-9-8(3-1)7-10(12-9)11-5-6-13-14-11/h1-4,7,11-12H,5-6H2. The molecule has 1 aliphatic rings. The molecule has 1 fully saturated rings. The summed E-state index contributed by atoms with van der Waals surface area (Å²) in [5, 5.41) is 2.01. The molecule has 0 bridgehead atoms. The van der Waals surface area contributed by atoms with E-state index in [2.05, 4.69) is 35.3 Å². The molecule has 1 atom stereocenters. The normalized spacial score (nSPS) is 21.9. The Bertz CT molecular complexity index is 410. The zero-order valence-corrected chi connectivity index (χ0v) is 9.33. The Morgan fingerprint density at radius 2 is 2.21 bits per heavy atom. The van der Waals surface area contributed by atoms with Crippen molar-refractivity contribution in [3.8, 4) is 0 Å². The monoisotopic (exact) mass is 221 g/mol. The number of aromatic amines is 1. The fraction of sp³-hybridized carbons (Fsp3) is 0.273. The van der Waals surface area contributed by atoms with E-state index < -0.39 is 0 Å². The third-order valence-corrected chi connectivity index (χ3v) is 5.41. The van der Waals surface area contributed by atoms with E-state index in [9.17, 15) is 0 Å². The zero-order valence-electron chi connectivity index (χ0n) is 7.69. The van der Waals surface area contributed by atoms with Gasteiger partial charge in [-0.15, -0.1) is 0 Å². The van der Waals surface area contributed by atoms with E-state index in [-0.39, 0.29) is 0 Å². The van der Waals surface area contributed by atoms with Gasteiger partial charge in [-0.1, -0.05) is 39.8 Å². The maximum Gasteiger partial charge on any atom is 0.0560 e. The number of rotatable bonds is 1. The lowest BCUT2D eigenvalue weighted by Crippen LogP contribution is -1.88. The van der Waals surface area contributed by atoms with Crippen LogP contribution in [-0.2, 0) is 0 Å². The average Bonchev–Trinajstić information content (AvgIpc) is 2.86. The van der Waals surface area contributed by atoms with Gasteiger partial charge in [-0.2, -0.15) is 0 Å². The van der Waals surface area contributed by atoms with Crippen LogP contribution in [0.15, 0.2) is 30.3 Å². The average molecular weight is 221 g/mol.